The van der Waals surface area contributed by atoms with Gasteiger partial charge in [0, 0.05) is 0 Å². The van der Waals surface area contributed by atoms with E-state index in [4.69, 9.17) is 21.1 Å². The molecule has 4 nitrogen and oxygen atoms in total. The summed E-state index contributed by atoms with van der Waals surface area (Å²) in [5.41, 5.74) is 0. The molecule has 0 spiro atoms. The Bertz CT molecular complexity index is 279. The summed E-state index contributed by atoms with van der Waals surface area (Å²) < 4.78 is 10.3. The van der Waals surface area contributed by atoms with Crippen molar-refractivity contribution in [1.82, 2.24) is 9.97 Å². The predicted octanol–water partition coefficient (Wildman–Crippen LogP) is 0.901. The van der Waals surface area contributed by atoms with E-state index in [9.17, 15) is 0 Å². The number of halogens is 1. The molecule has 0 unspecified atom stereocenters. The molecule has 0 bridgehead atoms. The van der Waals surface area contributed by atoms with Crippen LogP contribution in [-0.2, 0) is 0 Å². The average Bonchev–Trinajstić information content (AvgIpc) is 2.04. The SMILES string of the molecule is Clc1ncc2c(n1)OCCO2. The molecule has 0 N–H and O–H groups in total. The van der Waals surface area contributed by atoms with Crippen molar-refractivity contribution < 1.29 is 9.47 Å². The van der Waals surface area contributed by atoms with E-state index in [1.807, 2.05) is 0 Å². The summed E-state index contributed by atoms with van der Waals surface area (Å²) in [6, 6.07) is 0. The fraction of sp³-hybridized carbons (Fsp3) is 0.333. The second-order valence-electron chi connectivity index (χ2n) is 2.01. The maximum atomic E-state index is 5.52. The molecule has 0 radical (unpaired) electrons. The van der Waals surface area contributed by atoms with Gasteiger partial charge < -0.3 is 9.47 Å². The van der Waals surface area contributed by atoms with Crippen molar-refractivity contribution >= 4 is 11.6 Å². The van der Waals surface area contributed by atoms with E-state index in [0.29, 0.717) is 24.8 Å². The Morgan fingerprint density at radius 3 is 3.09 bits per heavy atom. The summed E-state index contributed by atoms with van der Waals surface area (Å²) in [6.45, 7) is 1.05. The van der Waals surface area contributed by atoms with Crippen LogP contribution in [0.2, 0.25) is 5.28 Å². The zero-order chi connectivity index (χ0) is 7.68. The highest BCUT2D eigenvalue weighted by molar-refractivity contribution is 6.28. The summed E-state index contributed by atoms with van der Waals surface area (Å²) in [6.07, 6.45) is 1.50. The van der Waals surface area contributed by atoms with Gasteiger partial charge in [-0.1, -0.05) is 0 Å². The highest BCUT2D eigenvalue weighted by atomic mass is 35.5. The van der Waals surface area contributed by atoms with Crippen molar-refractivity contribution in [2.24, 2.45) is 0 Å². The summed E-state index contributed by atoms with van der Waals surface area (Å²) in [7, 11) is 0. The predicted molar refractivity (Wildman–Crippen MR) is 38.0 cm³/mol. The molecule has 2 heterocycles. The Hall–Kier alpha value is -1.03. The molecule has 0 atom stereocenters. The van der Waals surface area contributed by atoms with Gasteiger partial charge >= 0.3 is 0 Å². The van der Waals surface area contributed by atoms with Crippen LogP contribution in [0.5, 0.6) is 11.6 Å². The Morgan fingerprint density at radius 2 is 2.18 bits per heavy atom. The zero-order valence-corrected chi connectivity index (χ0v) is 6.34. The van der Waals surface area contributed by atoms with Crippen molar-refractivity contribution in [3.63, 3.8) is 0 Å². The molecule has 0 saturated heterocycles. The van der Waals surface area contributed by atoms with Gasteiger partial charge in [-0.15, -0.1) is 0 Å². The minimum atomic E-state index is 0.175. The van der Waals surface area contributed by atoms with Crippen LogP contribution in [0, 0.1) is 0 Å². The van der Waals surface area contributed by atoms with Gasteiger partial charge in [-0.05, 0) is 11.6 Å². The van der Waals surface area contributed by atoms with Crippen LogP contribution in [0.15, 0.2) is 6.20 Å². The Morgan fingerprint density at radius 1 is 1.36 bits per heavy atom. The van der Waals surface area contributed by atoms with Gasteiger partial charge in [0.1, 0.15) is 13.2 Å². The molecule has 0 aromatic carbocycles. The quantitative estimate of drug-likeness (QED) is 0.546. The number of hydrogen-bond donors (Lipinski definition) is 0. The first-order valence-electron chi connectivity index (χ1n) is 3.14. The smallest absolute Gasteiger partial charge is 0.261 e. The number of aromatic nitrogens is 2. The van der Waals surface area contributed by atoms with Crippen LogP contribution in [0.1, 0.15) is 0 Å². The molecule has 1 aromatic rings. The van der Waals surface area contributed by atoms with Crippen LogP contribution >= 0.6 is 11.6 Å². The minimum absolute atomic E-state index is 0.175. The van der Waals surface area contributed by atoms with E-state index in [-0.39, 0.29) is 5.28 Å². The third-order valence-electron chi connectivity index (χ3n) is 1.27. The van der Waals surface area contributed by atoms with Gasteiger partial charge in [0.15, 0.2) is 5.75 Å². The lowest BCUT2D eigenvalue weighted by molar-refractivity contribution is 0.163. The van der Waals surface area contributed by atoms with E-state index < -0.39 is 0 Å². The highest BCUT2D eigenvalue weighted by Crippen LogP contribution is 2.26. The first kappa shape index (κ1) is 6.67. The third kappa shape index (κ3) is 1.21. The number of hydrogen-bond acceptors (Lipinski definition) is 4. The van der Waals surface area contributed by atoms with Crippen LogP contribution in [-0.4, -0.2) is 23.2 Å². The fourth-order valence-electron chi connectivity index (χ4n) is 0.827. The van der Waals surface area contributed by atoms with E-state index >= 15 is 0 Å². The minimum Gasteiger partial charge on any atom is -0.483 e. The molecule has 5 heteroatoms. The third-order valence-corrected chi connectivity index (χ3v) is 1.45. The van der Waals surface area contributed by atoms with Crippen molar-refractivity contribution in [3.8, 4) is 11.6 Å². The van der Waals surface area contributed by atoms with Crippen LogP contribution in [0.4, 0.5) is 0 Å². The number of rotatable bonds is 0. The Labute approximate surface area is 68.1 Å². The normalized spacial score (nSPS) is 14.6. The number of nitrogens with zero attached hydrogens (tertiary/aromatic N) is 2. The van der Waals surface area contributed by atoms with Crippen LogP contribution < -0.4 is 9.47 Å². The highest BCUT2D eigenvalue weighted by Gasteiger charge is 2.13. The van der Waals surface area contributed by atoms with E-state index in [1.54, 1.807) is 0 Å². The summed E-state index contributed by atoms with van der Waals surface area (Å²) in [5.74, 6) is 0.983. The second-order valence-corrected chi connectivity index (χ2v) is 2.34. The van der Waals surface area contributed by atoms with Crippen molar-refractivity contribution in [2.75, 3.05) is 13.2 Å². The molecule has 2 rings (SSSR count). The Kier molecular flexibility index (Phi) is 1.54. The monoisotopic (exact) mass is 172 g/mol. The van der Waals surface area contributed by atoms with E-state index in [0.717, 1.165) is 0 Å². The topological polar surface area (TPSA) is 44.2 Å². The maximum Gasteiger partial charge on any atom is 0.261 e. The van der Waals surface area contributed by atoms with Gasteiger partial charge in [0.25, 0.3) is 5.88 Å². The van der Waals surface area contributed by atoms with Gasteiger partial charge in [0.05, 0.1) is 6.20 Å². The number of ether oxygens (including phenoxy) is 2. The van der Waals surface area contributed by atoms with Gasteiger partial charge in [0.2, 0.25) is 5.28 Å². The molecule has 0 amide bonds. The average molecular weight is 173 g/mol. The number of fused-ring (bicyclic) bond motifs is 1. The van der Waals surface area contributed by atoms with Crippen molar-refractivity contribution in [2.45, 2.75) is 0 Å². The molecule has 1 aliphatic heterocycles. The molecule has 1 aromatic heterocycles. The first-order valence-corrected chi connectivity index (χ1v) is 3.52. The summed E-state index contributed by atoms with van der Waals surface area (Å²) >= 11 is 5.52. The molecule has 0 fully saturated rings. The standard InChI is InChI=1S/C6H5ClN2O2/c7-6-8-3-4-5(9-6)11-2-1-10-4/h3H,1-2H2. The van der Waals surface area contributed by atoms with Crippen LogP contribution in [0.3, 0.4) is 0 Å². The van der Waals surface area contributed by atoms with Crippen molar-refractivity contribution in [3.05, 3.63) is 11.5 Å². The lowest BCUT2D eigenvalue weighted by atomic mass is 10.5. The fourth-order valence-corrected chi connectivity index (χ4v) is 0.953. The summed E-state index contributed by atoms with van der Waals surface area (Å²) in [5, 5.41) is 0.175. The lowest BCUT2D eigenvalue weighted by Gasteiger charge is -2.15. The maximum absolute atomic E-state index is 5.52. The zero-order valence-electron chi connectivity index (χ0n) is 5.58. The second kappa shape index (κ2) is 2.54. The van der Waals surface area contributed by atoms with Gasteiger partial charge in [-0.25, -0.2) is 4.98 Å². The molecule has 0 saturated carbocycles. The largest absolute Gasteiger partial charge is 0.483 e. The van der Waals surface area contributed by atoms with Crippen molar-refractivity contribution in [1.29, 1.82) is 0 Å². The van der Waals surface area contributed by atoms with E-state index in [2.05, 4.69) is 9.97 Å². The molecule has 58 valence electrons. The molecular weight excluding hydrogens is 168 g/mol. The first-order chi connectivity index (χ1) is 5.36. The Balaban J connectivity index is 2.43. The van der Waals surface area contributed by atoms with Gasteiger partial charge in [-0.3, -0.25) is 0 Å². The molecule has 1 aliphatic rings. The summed E-state index contributed by atoms with van der Waals surface area (Å²) in [4.78, 5) is 7.56. The van der Waals surface area contributed by atoms with Gasteiger partial charge in [-0.2, -0.15) is 4.98 Å². The molecule has 0 aliphatic carbocycles. The molecule has 11 heavy (non-hydrogen) atoms. The lowest BCUT2D eigenvalue weighted by Crippen LogP contribution is -2.16. The molecular formula is C6H5ClN2O2. The van der Waals surface area contributed by atoms with E-state index in [1.165, 1.54) is 6.20 Å². The van der Waals surface area contributed by atoms with Crippen LogP contribution in [0.25, 0.3) is 0 Å².